The highest BCUT2D eigenvalue weighted by atomic mass is 15.3. The number of anilines is 8. The third-order valence-electron chi connectivity index (χ3n) is 17.0. The predicted molar refractivity (Wildman–Crippen MR) is 298 cm³/mol. The van der Waals surface area contributed by atoms with Crippen LogP contribution in [-0.4, -0.2) is 6.71 Å². The number of nitrogens with zero attached hydrogens (tertiary/aromatic N) is 3. The molecule has 0 spiro atoms. The highest BCUT2D eigenvalue weighted by Crippen LogP contribution is 2.64. The van der Waals surface area contributed by atoms with E-state index in [1.54, 1.807) is 0 Å². The molecule has 0 fully saturated rings. The largest absolute Gasteiger partial charge is 0.330 e. The summed E-state index contributed by atoms with van der Waals surface area (Å²) in [5.41, 5.74) is 24.7. The monoisotopic (exact) mass is 906 g/mol. The molecule has 0 amide bonds. The number of aryl methyl sites for hydroxylation is 2. The van der Waals surface area contributed by atoms with Crippen LogP contribution in [0.3, 0.4) is 0 Å². The van der Waals surface area contributed by atoms with Crippen LogP contribution in [0.25, 0.3) is 0 Å². The molecule has 2 atom stereocenters. The maximum Gasteiger partial charge on any atom is 0.252 e. The van der Waals surface area contributed by atoms with Crippen LogP contribution in [0.2, 0.25) is 0 Å². The van der Waals surface area contributed by atoms with Crippen molar-refractivity contribution in [2.24, 2.45) is 0 Å². The highest BCUT2D eigenvalue weighted by Gasteiger charge is 2.60. The lowest BCUT2D eigenvalue weighted by Gasteiger charge is -2.51. The van der Waals surface area contributed by atoms with Crippen molar-refractivity contribution < 1.29 is 0 Å². The first-order valence-electron chi connectivity index (χ1n) is 25.7. The van der Waals surface area contributed by atoms with Crippen molar-refractivity contribution in [3.05, 3.63) is 184 Å². The Kier molecular flexibility index (Phi) is 9.88. The fourth-order valence-corrected chi connectivity index (χ4v) is 12.7. The molecule has 11 rings (SSSR count). The lowest BCUT2D eigenvalue weighted by molar-refractivity contribution is 0.245. The highest BCUT2D eigenvalue weighted by molar-refractivity contribution is 7.00. The summed E-state index contributed by atoms with van der Waals surface area (Å²) in [5, 5.41) is 0. The Morgan fingerprint density at radius 2 is 0.928 bits per heavy atom. The predicted octanol–water partition coefficient (Wildman–Crippen LogP) is 15.5. The molecule has 0 radical (unpaired) electrons. The maximum absolute atomic E-state index is 2.75. The summed E-state index contributed by atoms with van der Waals surface area (Å²) >= 11 is 0. The first-order chi connectivity index (χ1) is 32.4. The quantitative estimate of drug-likeness (QED) is 0.164. The Morgan fingerprint density at radius 3 is 1.49 bits per heavy atom. The molecule has 0 N–H and O–H groups in total. The van der Waals surface area contributed by atoms with Crippen molar-refractivity contribution in [1.82, 2.24) is 0 Å². The number of benzene rings is 7. The molecule has 4 aliphatic rings. The van der Waals surface area contributed by atoms with Crippen LogP contribution in [-0.2, 0) is 39.0 Å². The number of fused-ring (bicyclic) bond motifs is 9. The molecule has 69 heavy (non-hydrogen) atoms. The minimum Gasteiger partial charge on any atom is -0.330 e. The minimum absolute atomic E-state index is 0.0172. The van der Waals surface area contributed by atoms with Crippen LogP contribution >= 0.6 is 0 Å². The Morgan fingerprint density at radius 1 is 0.435 bits per heavy atom. The summed E-state index contributed by atoms with van der Waals surface area (Å²) in [5.74, 6) is 0. The molecule has 0 saturated carbocycles. The molecule has 2 unspecified atom stereocenters. The number of hydrogen-bond acceptors (Lipinski definition) is 3. The van der Waals surface area contributed by atoms with Gasteiger partial charge < -0.3 is 14.7 Å². The molecule has 7 aromatic carbocycles. The van der Waals surface area contributed by atoms with Crippen LogP contribution in [0.15, 0.2) is 140 Å². The second-order valence-corrected chi connectivity index (χ2v) is 25.6. The standard InChI is InChI=1S/C65H72BN3/c1-41-36-57-59-58(37-41)68(48-28-22-44(23-29-48)61(5,6)7)56-40-49(69-54-32-24-45(62(8,9)10)38-51(54)64(14)35-34-42-18-16-17-19-50(42)65(64,69)15)30-31-52(56)66(59)53-39-46(63(11,12)13)25-33-55(53)67(57)47-26-20-43(21-27-47)60(2,3)4/h16-33,36-40H,34-35H2,1-15H3. The van der Waals surface area contributed by atoms with Gasteiger partial charge in [0.25, 0.3) is 6.71 Å². The van der Waals surface area contributed by atoms with E-state index in [9.17, 15) is 0 Å². The van der Waals surface area contributed by atoms with Crippen LogP contribution in [0.5, 0.6) is 0 Å². The fourth-order valence-electron chi connectivity index (χ4n) is 12.7. The van der Waals surface area contributed by atoms with Crippen molar-refractivity contribution in [3.8, 4) is 0 Å². The third kappa shape index (κ3) is 6.81. The first-order valence-corrected chi connectivity index (χ1v) is 25.7. The Bertz CT molecular complexity index is 3200. The third-order valence-corrected chi connectivity index (χ3v) is 17.0. The Labute approximate surface area is 414 Å². The lowest BCUT2D eigenvalue weighted by atomic mass is 9.33. The average Bonchev–Trinajstić information content (AvgIpc) is 3.50. The van der Waals surface area contributed by atoms with Crippen molar-refractivity contribution in [2.45, 2.75) is 149 Å². The number of hydrogen-bond donors (Lipinski definition) is 0. The zero-order valence-electron chi connectivity index (χ0n) is 44.1. The molecule has 1 aliphatic carbocycles. The van der Waals surface area contributed by atoms with Gasteiger partial charge in [-0.05, 0) is 170 Å². The molecule has 3 nitrogen and oxygen atoms in total. The summed E-state index contributed by atoms with van der Waals surface area (Å²) in [6, 6.07) is 55.3. The second-order valence-electron chi connectivity index (χ2n) is 25.6. The van der Waals surface area contributed by atoms with Gasteiger partial charge in [0, 0.05) is 50.9 Å². The molecule has 350 valence electrons. The van der Waals surface area contributed by atoms with Crippen molar-refractivity contribution in [3.63, 3.8) is 0 Å². The van der Waals surface area contributed by atoms with Crippen LogP contribution in [0.1, 0.15) is 148 Å². The second kappa shape index (κ2) is 15.0. The normalized spacial score (nSPS) is 19.4. The topological polar surface area (TPSA) is 9.72 Å². The zero-order chi connectivity index (χ0) is 49.0. The summed E-state index contributed by atoms with van der Waals surface area (Å²) in [6.07, 6.45) is 2.17. The minimum atomic E-state index is -0.327. The summed E-state index contributed by atoms with van der Waals surface area (Å²) < 4.78 is 0. The van der Waals surface area contributed by atoms with Crippen LogP contribution in [0.4, 0.5) is 45.5 Å². The van der Waals surface area contributed by atoms with E-state index in [2.05, 4.69) is 258 Å². The Hall–Kier alpha value is -6.00. The average molecular weight is 906 g/mol. The van der Waals surface area contributed by atoms with Gasteiger partial charge in [-0.15, -0.1) is 0 Å². The molecule has 3 aliphatic heterocycles. The van der Waals surface area contributed by atoms with Gasteiger partial charge in [-0.1, -0.05) is 169 Å². The SMILES string of the molecule is Cc1cc2c3c(c1)N(c1ccc(C(C)(C)C)cc1)c1cc(N4c5ccc(C(C)(C)C)cc5C5(C)CCc6ccccc6C45C)ccc1B3c1cc(C(C)(C)C)ccc1N2c1ccc(C(C)(C)C)cc1. The van der Waals surface area contributed by atoms with Crippen molar-refractivity contribution in [1.29, 1.82) is 0 Å². The fraction of sp³-hybridized carbons (Fsp3) is 0.354. The number of rotatable bonds is 3. The van der Waals surface area contributed by atoms with E-state index in [1.807, 2.05) is 0 Å². The van der Waals surface area contributed by atoms with E-state index in [-0.39, 0.29) is 39.3 Å². The molecule has 4 heteroatoms. The van der Waals surface area contributed by atoms with Crippen molar-refractivity contribution >= 4 is 68.6 Å². The van der Waals surface area contributed by atoms with E-state index in [4.69, 9.17) is 0 Å². The maximum atomic E-state index is 2.75. The summed E-state index contributed by atoms with van der Waals surface area (Å²) in [7, 11) is 0. The molecular weight excluding hydrogens is 834 g/mol. The molecule has 7 aromatic rings. The molecule has 0 aromatic heterocycles. The molecule has 3 heterocycles. The van der Waals surface area contributed by atoms with Crippen molar-refractivity contribution in [2.75, 3.05) is 14.7 Å². The van der Waals surface area contributed by atoms with E-state index in [0.717, 1.165) is 12.8 Å². The Balaban J connectivity index is 1.20. The smallest absolute Gasteiger partial charge is 0.252 e. The van der Waals surface area contributed by atoms with Crippen LogP contribution in [0, 0.1) is 6.92 Å². The van der Waals surface area contributed by atoms with Gasteiger partial charge in [0.15, 0.2) is 0 Å². The molecular formula is C65H72BN3. The van der Waals surface area contributed by atoms with Gasteiger partial charge in [0.1, 0.15) is 0 Å². The summed E-state index contributed by atoms with van der Waals surface area (Å²) in [6.45, 7) is 35.4. The van der Waals surface area contributed by atoms with Crippen LogP contribution < -0.4 is 31.1 Å². The van der Waals surface area contributed by atoms with Gasteiger partial charge in [0.05, 0.1) is 5.54 Å². The lowest BCUT2D eigenvalue weighted by Crippen LogP contribution is -2.61. The van der Waals surface area contributed by atoms with Gasteiger partial charge in [-0.2, -0.15) is 0 Å². The summed E-state index contributed by atoms with van der Waals surface area (Å²) in [4.78, 5) is 7.93. The first kappa shape index (κ1) is 45.4. The van der Waals surface area contributed by atoms with Gasteiger partial charge in [0.2, 0.25) is 0 Å². The van der Waals surface area contributed by atoms with Gasteiger partial charge >= 0.3 is 0 Å². The van der Waals surface area contributed by atoms with E-state index in [1.165, 1.54) is 106 Å². The van der Waals surface area contributed by atoms with E-state index < -0.39 is 0 Å². The molecule has 0 bridgehead atoms. The van der Waals surface area contributed by atoms with Gasteiger partial charge in [-0.3, -0.25) is 0 Å². The zero-order valence-corrected chi connectivity index (χ0v) is 44.1. The molecule has 0 saturated heterocycles. The van der Waals surface area contributed by atoms with E-state index in [0.29, 0.717) is 0 Å². The van der Waals surface area contributed by atoms with Gasteiger partial charge in [-0.25, -0.2) is 0 Å². The van der Waals surface area contributed by atoms with E-state index >= 15 is 0 Å².